The third-order valence-corrected chi connectivity index (χ3v) is 4.17. The summed E-state index contributed by atoms with van der Waals surface area (Å²) in [5, 5.41) is 3.44. The Kier molecular flexibility index (Phi) is 4.09. The van der Waals surface area contributed by atoms with Gasteiger partial charge in [-0.3, -0.25) is 4.79 Å². The maximum atomic E-state index is 11.6. The number of aromatic amines is 1. The summed E-state index contributed by atoms with van der Waals surface area (Å²) in [5.74, 6) is 0.815. The van der Waals surface area contributed by atoms with Crippen LogP contribution in [0.15, 0.2) is 25.0 Å². The Labute approximate surface area is 129 Å². The molecule has 0 spiro atoms. The van der Waals surface area contributed by atoms with Gasteiger partial charge in [-0.15, -0.1) is 0 Å². The first kappa shape index (κ1) is 14.6. The van der Waals surface area contributed by atoms with Crippen LogP contribution < -0.4 is 5.32 Å². The second-order valence-electron chi connectivity index (χ2n) is 5.57. The number of aromatic nitrogens is 3. The van der Waals surface area contributed by atoms with E-state index in [-0.39, 0.29) is 5.91 Å². The van der Waals surface area contributed by atoms with Gasteiger partial charge in [-0.05, 0) is 30.9 Å². The van der Waals surface area contributed by atoms with E-state index in [1.807, 2.05) is 11.1 Å². The second-order valence-corrected chi connectivity index (χ2v) is 5.57. The number of nitrogens with zero attached hydrogens (tertiary/aromatic N) is 3. The minimum absolute atomic E-state index is 0.0135. The Balaban J connectivity index is 1.66. The summed E-state index contributed by atoms with van der Waals surface area (Å²) in [6, 6.07) is 0.324. The number of carbonyl (C=O) groups is 1. The van der Waals surface area contributed by atoms with Crippen molar-refractivity contribution in [2.75, 3.05) is 18.4 Å². The fraction of sp³-hybridized carbons (Fsp3) is 0.438. The molecule has 1 saturated heterocycles. The summed E-state index contributed by atoms with van der Waals surface area (Å²) < 4.78 is 0. The normalized spacial score (nSPS) is 16.0. The number of H-pyrrole nitrogens is 1. The van der Waals surface area contributed by atoms with Crippen molar-refractivity contribution in [3.63, 3.8) is 0 Å². The summed E-state index contributed by atoms with van der Waals surface area (Å²) in [7, 11) is 0. The van der Waals surface area contributed by atoms with Gasteiger partial charge in [0.15, 0.2) is 5.65 Å². The monoisotopic (exact) mass is 299 g/mol. The van der Waals surface area contributed by atoms with Crippen LogP contribution in [0.1, 0.15) is 25.3 Å². The van der Waals surface area contributed by atoms with Crippen LogP contribution in [0.5, 0.6) is 0 Å². The number of hydrogen-bond donors (Lipinski definition) is 2. The first-order chi connectivity index (χ1) is 10.7. The topological polar surface area (TPSA) is 73.9 Å². The number of likely N-dealkylation sites (tertiary alicyclic amines) is 1. The largest absolute Gasteiger partial charge is 0.366 e. The quantitative estimate of drug-likeness (QED) is 0.848. The molecule has 6 nitrogen and oxygen atoms in total. The van der Waals surface area contributed by atoms with E-state index in [0.717, 1.165) is 49.3 Å². The first-order valence-corrected chi connectivity index (χ1v) is 7.72. The molecule has 0 saturated carbocycles. The van der Waals surface area contributed by atoms with Crippen LogP contribution in [-0.4, -0.2) is 44.9 Å². The molecule has 1 fully saturated rings. The fourth-order valence-corrected chi connectivity index (χ4v) is 2.86. The van der Waals surface area contributed by atoms with Crippen LogP contribution in [0.25, 0.3) is 11.2 Å². The predicted molar refractivity (Wildman–Crippen MR) is 86.7 cm³/mol. The van der Waals surface area contributed by atoms with Crippen LogP contribution in [-0.2, 0) is 11.2 Å². The van der Waals surface area contributed by atoms with Crippen LogP contribution >= 0.6 is 0 Å². The summed E-state index contributed by atoms with van der Waals surface area (Å²) in [6.07, 6.45) is 7.86. The number of piperidine rings is 1. The summed E-state index contributed by atoms with van der Waals surface area (Å²) in [5.41, 5.74) is 2.94. The number of amides is 1. The van der Waals surface area contributed by atoms with Gasteiger partial charge >= 0.3 is 0 Å². The van der Waals surface area contributed by atoms with E-state index >= 15 is 0 Å². The van der Waals surface area contributed by atoms with Crippen molar-refractivity contribution in [1.29, 1.82) is 0 Å². The lowest BCUT2D eigenvalue weighted by atomic mass is 10.1. The number of fused-ring (bicyclic) bond motifs is 1. The molecule has 1 aliphatic heterocycles. The molecule has 22 heavy (non-hydrogen) atoms. The molecule has 0 bridgehead atoms. The summed E-state index contributed by atoms with van der Waals surface area (Å²) >= 11 is 0. The van der Waals surface area contributed by atoms with Gasteiger partial charge in [-0.2, -0.15) is 0 Å². The molecule has 116 valence electrons. The minimum Gasteiger partial charge on any atom is -0.366 e. The Morgan fingerprint density at radius 1 is 1.55 bits per heavy atom. The van der Waals surface area contributed by atoms with Crippen LogP contribution in [0.3, 0.4) is 0 Å². The number of rotatable bonds is 4. The van der Waals surface area contributed by atoms with E-state index in [0.29, 0.717) is 6.04 Å². The van der Waals surface area contributed by atoms with E-state index in [2.05, 4.69) is 33.8 Å². The molecule has 1 aliphatic rings. The molecule has 0 atom stereocenters. The zero-order valence-corrected chi connectivity index (χ0v) is 12.8. The molecule has 0 aliphatic carbocycles. The number of nitrogens with one attached hydrogen (secondary N) is 2. The molecule has 0 unspecified atom stereocenters. The summed E-state index contributed by atoms with van der Waals surface area (Å²) in [4.78, 5) is 25.6. The van der Waals surface area contributed by atoms with E-state index < -0.39 is 0 Å². The van der Waals surface area contributed by atoms with E-state index in [1.165, 1.54) is 11.6 Å². The third-order valence-electron chi connectivity index (χ3n) is 4.17. The predicted octanol–water partition coefficient (Wildman–Crippen LogP) is 2.11. The Morgan fingerprint density at radius 3 is 3.00 bits per heavy atom. The molecule has 3 heterocycles. The first-order valence-electron chi connectivity index (χ1n) is 7.72. The summed E-state index contributed by atoms with van der Waals surface area (Å²) in [6.45, 7) is 7.15. The maximum absolute atomic E-state index is 11.6. The van der Waals surface area contributed by atoms with E-state index in [4.69, 9.17) is 0 Å². The molecule has 0 aromatic carbocycles. The van der Waals surface area contributed by atoms with E-state index in [9.17, 15) is 4.79 Å². The highest BCUT2D eigenvalue weighted by atomic mass is 16.2. The maximum Gasteiger partial charge on any atom is 0.245 e. The van der Waals surface area contributed by atoms with Crippen LogP contribution in [0.2, 0.25) is 0 Å². The molecule has 0 radical (unpaired) electrons. The Hall–Kier alpha value is -2.37. The highest BCUT2D eigenvalue weighted by Gasteiger charge is 2.21. The molecule has 3 rings (SSSR count). The van der Waals surface area contributed by atoms with Gasteiger partial charge in [-0.25, -0.2) is 9.97 Å². The molecular formula is C16H21N5O. The number of carbonyl (C=O) groups excluding carboxylic acids is 1. The molecule has 2 aromatic rings. The van der Waals surface area contributed by atoms with Gasteiger partial charge in [0.1, 0.15) is 11.3 Å². The fourth-order valence-electron chi connectivity index (χ4n) is 2.86. The highest BCUT2D eigenvalue weighted by Crippen LogP contribution is 2.19. The molecule has 6 heteroatoms. The van der Waals surface area contributed by atoms with Crippen molar-refractivity contribution >= 4 is 22.9 Å². The Morgan fingerprint density at radius 2 is 2.32 bits per heavy atom. The standard InChI is InChI=1S/C16H21N5O/c1-3-11-9-17-16-15(11)20-13(10-18-16)19-12-5-7-21(8-6-12)14(22)4-2/h4,9-10,12H,2-3,5-8H2,1H3,(H,17,18)(H,19,20). The number of hydrogen-bond acceptors (Lipinski definition) is 4. The van der Waals surface area contributed by atoms with Gasteiger partial charge in [0.2, 0.25) is 5.91 Å². The minimum atomic E-state index is 0.0135. The van der Waals surface area contributed by atoms with Gasteiger partial charge < -0.3 is 15.2 Å². The number of aryl methyl sites for hydroxylation is 1. The zero-order valence-electron chi connectivity index (χ0n) is 12.8. The van der Waals surface area contributed by atoms with Crippen molar-refractivity contribution in [2.24, 2.45) is 0 Å². The average molecular weight is 299 g/mol. The van der Waals surface area contributed by atoms with Crippen molar-refractivity contribution in [3.8, 4) is 0 Å². The second kappa shape index (κ2) is 6.17. The molecule has 2 N–H and O–H groups in total. The zero-order chi connectivity index (χ0) is 15.5. The SMILES string of the molecule is C=CC(=O)N1CCC(Nc2cnc3[nH]cc(CC)c3n2)CC1. The lowest BCUT2D eigenvalue weighted by Crippen LogP contribution is -2.41. The van der Waals surface area contributed by atoms with Crippen molar-refractivity contribution < 1.29 is 4.79 Å². The van der Waals surface area contributed by atoms with Crippen molar-refractivity contribution in [1.82, 2.24) is 19.9 Å². The number of anilines is 1. The van der Waals surface area contributed by atoms with E-state index in [1.54, 1.807) is 6.20 Å². The van der Waals surface area contributed by atoms with Crippen LogP contribution in [0, 0.1) is 0 Å². The molecule has 2 aromatic heterocycles. The molecular weight excluding hydrogens is 278 g/mol. The lowest BCUT2D eigenvalue weighted by molar-refractivity contribution is -0.126. The van der Waals surface area contributed by atoms with Gasteiger partial charge in [-0.1, -0.05) is 13.5 Å². The van der Waals surface area contributed by atoms with Gasteiger partial charge in [0.25, 0.3) is 0 Å². The highest BCUT2D eigenvalue weighted by molar-refractivity contribution is 5.87. The smallest absolute Gasteiger partial charge is 0.245 e. The van der Waals surface area contributed by atoms with Crippen molar-refractivity contribution in [2.45, 2.75) is 32.2 Å². The Bertz CT molecular complexity index is 685. The van der Waals surface area contributed by atoms with Gasteiger partial charge in [0.05, 0.1) is 6.20 Å². The van der Waals surface area contributed by atoms with Crippen molar-refractivity contribution in [3.05, 3.63) is 30.6 Å². The molecule has 1 amide bonds. The average Bonchev–Trinajstić information content (AvgIpc) is 2.97. The van der Waals surface area contributed by atoms with Crippen LogP contribution in [0.4, 0.5) is 5.82 Å². The van der Waals surface area contributed by atoms with Gasteiger partial charge in [0, 0.05) is 25.3 Å². The third kappa shape index (κ3) is 2.81. The lowest BCUT2D eigenvalue weighted by Gasteiger charge is -2.31.